The average molecular weight is 298 g/mol. The van der Waals surface area contributed by atoms with Crippen LogP contribution in [0.15, 0.2) is 28.8 Å². The van der Waals surface area contributed by atoms with Crippen LogP contribution in [0, 0.1) is 5.92 Å². The Bertz CT molecular complexity index is 671. The molecule has 1 unspecified atom stereocenters. The molecule has 4 nitrogen and oxygen atoms in total. The Labute approximate surface area is 130 Å². The summed E-state index contributed by atoms with van der Waals surface area (Å²) < 4.78 is 5.33. The van der Waals surface area contributed by atoms with E-state index in [9.17, 15) is 4.79 Å². The number of amides is 1. The number of aromatic nitrogens is 1. The summed E-state index contributed by atoms with van der Waals surface area (Å²) in [5, 5.41) is 6.90. The van der Waals surface area contributed by atoms with Gasteiger partial charge in [-0.15, -0.1) is 0 Å². The number of fused-ring (bicyclic) bond motifs is 1. The molecule has 4 heteroatoms. The molecule has 1 heterocycles. The molecule has 1 atom stereocenters. The minimum Gasteiger partial charge on any atom is -0.360 e. The van der Waals surface area contributed by atoms with Crippen molar-refractivity contribution in [3.05, 3.63) is 46.8 Å². The van der Waals surface area contributed by atoms with E-state index in [1.807, 2.05) is 24.3 Å². The fourth-order valence-corrected chi connectivity index (χ4v) is 2.90. The summed E-state index contributed by atoms with van der Waals surface area (Å²) in [4.78, 5) is 12.4. The summed E-state index contributed by atoms with van der Waals surface area (Å²) in [6, 6.07) is 7.95. The van der Waals surface area contributed by atoms with E-state index in [0.717, 1.165) is 36.3 Å². The van der Waals surface area contributed by atoms with Gasteiger partial charge in [0.05, 0.1) is 0 Å². The Morgan fingerprint density at radius 2 is 2.05 bits per heavy atom. The van der Waals surface area contributed by atoms with Crippen molar-refractivity contribution in [3.63, 3.8) is 0 Å². The largest absolute Gasteiger partial charge is 0.360 e. The number of benzene rings is 1. The van der Waals surface area contributed by atoms with Crippen LogP contribution in [0.25, 0.3) is 0 Å². The molecule has 116 valence electrons. The number of nitrogens with zero attached hydrogens (tertiary/aromatic N) is 1. The van der Waals surface area contributed by atoms with Gasteiger partial charge in [0.25, 0.3) is 5.91 Å². The van der Waals surface area contributed by atoms with Crippen molar-refractivity contribution in [3.8, 4) is 0 Å². The molecule has 0 fully saturated rings. The Morgan fingerprint density at radius 3 is 2.73 bits per heavy atom. The first-order valence-electron chi connectivity index (χ1n) is 7.93. The van der Waals surface area contributed by atoms with Gasteiger partial charge in [0.2, 0.25) is 0 Å². The molecule has 1 aliphatic rings. The van der Waals surface area contributed by atoms with Gasteiger partial charge >= 0.3 is 0 Å². The predicted molar refractivity (Wildman–Crippen MR) is 86.2 cm³/mol. The summed E-state index contributed by atoms with van der Waals surface area (Å²) in [5.41, 5.74) is 3.46. The van der Waals surface area contributed by atoms with Crippen molar-refractivity contribution in [2.75, 3.05) is 5.32 Å². The predicted octanol–water partition coefficient (Wildman–Crippen LogP) is 4.18. The van der Waals surface area contributed by atoms with Crippen molar-refractivity contribution < 1.29 is 9.32 Å². The molecular formula is C18H22N2O2. The van der Waals surface area contributed by atoms with Crippen LogP contribution in [0.3, 0.4) is 0 Å². The molecule has 0 saturated carbocycles. The van der Waals surface area contributed by atoms with E-state index < -0.39 is 0 Å². The first-order valence-corrected chi connectivity index (χ1v) is 7.93. The molecular weight excluding hydrogens is 276 g/mol. The molecule has 1 aromatic heterocycles. The summed E-state index contributed by atoms with van der Waals surface area (Å²) in [6.07, 6.45) is 2.84. The SMILES string of the molecule is CC1CCc2onc(C(=O)Nc3ccc(C(C)C)cc3)c2C1. The van der Waals surface area contributed by atoms with E-state index in [4.69, 9.17) is 4.52 Å². The third kappa shape index (κ3) is 2.91. The Kier molecular flexibility index (Phi) is 4.01. The maximum atomic E-state index is 12.4. The van der Waals surface area contributed by atoms with E-state index in [2.05, 4.69) is 31.2 Å². The van der Waals surface area contributed by atoms with Crippen LogP contribution in [-0.2, 0) is 12.8 Å². The van der Waals surface area contributed by atoms with Crippen LogP contribution in [0.4, 0.5) is 5.69 Å². The Hall–Kier alpha value is -2.10. The van der Waals surface area contributed by atoms with Gasteiger partial charge in [0.15, 0.2) is 5.69 Å². The number of hydrogen-bond donors (Lipinski definition) is 1. The topological polar surface area (TPSA) is 55.1 Å². The molecule has 1 aliphatic carbocycles. The quantitative estimate of drug-likeness (QED) is 0.925. The molecule has 3 rings (SSSR count). The van der Waals surface area contributed by atoms with E-state index in [1.54, 1.807) is 0 Å². The molecule has 0 spiro atoms. The van der Waals surface area contributed by atoms with Crippen LogP contribution in [0.2, 0.25) is 0 Å². The molecule has 1 amide bonds. The van der Waals surface area contributed by atoms with Crippen molar-refractivity contribution >= 4 is 11.6 Å². The van der Waals surface area contributed by atoms with E-state index in [0.29, 0.717) is 17.5 Å². The summed E-state index contributed by atoms with van der Waals surface area (Å²) >= 11 is 0. The number of hydrogen-bond acceptors (Lipinski definition) is 3. The number of anilines is 1. The molecule has 1 aromatic carbocycles. The van der Waals surface area contributed by atoms with Gasteiger partial charge in [-0.25, -0.2) is 0 Å². The van der Waals surface area contributed by atoms with E-state index in [-0.39, 0.29) is 5.91 Å². The molecule has 2 aromatic rings. The van der Waals surface area contributed by atoms with Gasteiger partial charge in [0.1, 0.15) is 5.76 Å². The zero-order chi connectivity index (χ0) is 15.7. The third-order valence-electron chi connectivity index (χ3n) is 4.34. The minimum atomic E-state index is -0.184. The highest BCUT2D eigenvalue weighted by molar-refractivity contribution is 6.03. The molecule has 0 aliphatic heterocycles. The van der Waals surface area contributed by atoms with E-state index in [1.165, 1.54) is 5.56 Å². The van der Waals surface area contributed by atoms with Crippen LogP contribution in [0.5, 0.6) is 0 Å². The highest BCUT2D eigenvalue weighted by Gasteiger charge is 2.26. The lowest BCUT2D eigenvalue weighted by Crippen LogP contribution is -2.17. The maximum Gasteiger partial charge on any atom is 0.278 e. The van der Waals surface area contributed by atoms with Crippen molar-refractivity contribution in [2.45, 2.75) is 46.0 Å². The zero-order valence-corrected chi connectivity index (χ0v) is 13.3. The van der Waals surface area contributed by atoms with Crippen LogP contribution in [-0.4, -0.2) is 11.1 Å². The second-order valence-corrected chi connectivity index (χ2v) is 6.51. The first-order chi connectivity index (χ1) is 10.5. The maximum absolute atomic E-state index is 12.4. The second kappa shape index (κ2) is 5.95. The number of nitrogens with one attached hydrogen (secondary N) is 1. The van der Waals surface area contributed by atoms with Gasteiger partial charge < -0.3 is 9.84 Å². The van der Waals surface area contributed by atoms with E-state index >= 15 is 0 Å². The van der Waals surface area contributed by atoms with Gasteiger partial charge in [0, 0.05) is 17.7 Å². The lowest BCUT2D eigenvalue weighted by molar-refractivity contribution is 0.101. The Morgan fingerprint density at radius 1 is 1.32 bits per heavy atom. The van der Waals surface area contributed by atoms with Gasteiger partial charge in [-0.3, -0.25) is 4.79 Å². The number of carbonyl (C=O) groups is 1. The molecule has 0 bridgehead atoms. The number of carbonyl (C=O) groups excluding carboxylic acids is 1. The van der Waals surface area contributed by atoms with Gasteiger partial charge in [-0.05, 0) is 42.4 Å². The molecule has 22 heavy (non-hydrogen) atoms. The third-order valence-corrected chi connectivity index (χ3v) is 4.34. The van der Waals surface area contributed by atoms with Crippen LogP contribution >= 0.6 is 0 Å². The molecule has 1 N–H and O–H groups in total. The number of aryl methyl sites for hydroxylation is 1. The normalized spacial score (nSPS) is 17.4. The van der Waals surface area contributed by atoms with Crippen molar-refractivity contribution in [1.82, 2.24) is 5.16 Å². The molecule has 0 radical (unpaired) electrons. The summed E-state index contributed by atoms with van der Waals surface area (Å²) in [7, 11) is 0. The minimum absolute atomic E-state index is 0.184. The second-order valence-electron chi connectivity index (χ2n) is 6.51. The van der Waals surface area contributed by atoms with Crippen LogP contribution in [0.1, 0.15) is 60.5 Å². The van der Waals surface area contributed by atoms with Gasteiger partial charge in [-0.1, -0.05) is 38.1 Å². The fraction of sp³-hybridized carbons (Fsp3) is 0.444. The summed E-state index contributed by atoms with van der Waals surface area (Å²) in [6.45, 7) is 6.50. The lowest BCUT2D eigenvalue weighted by atomic mass is 9.88. The standard InChI is InChI=1S/C18H22N2O2/c1-11(2)13-5-7-14(8-6-13)19-18(21)17-15-10-12(3)4-9-16(15)22-20-17/h5-8,11-12H,4,9-10H2,1-3H3,(H,19,21). The fourth-order valence-electron chi connectivity index (χ4n) is 2.90. The Balaban J connectivity index is 1.76. The van der Waals surface area contributed by atoms with Crippen molar-refractivity contribution in [1.29, 1.82) is 0 Å². The zero-order valence-electron chi connectivity index (χ0n) is 13.3. The monoisotopic (exact) mass is 298 g/mol. The molecule has 0 saturated heterocycles. The highest BCUT2D eigenvalue weighted by atomic mass is 16.5. The first kappa shape index (κ1) is 14.8. The van der Waals surface area contributed by atoms with Crippen molar-refractivity contribution in [2.24, 2.45) is 5.92 Å². The smallest absolute Gasteiger partial charge is 0.278 e. The highest BCUT2D eigenvalue weighted by Crippen LogP contribution is 2.28. The summed E-state index contributed by atoms with van der Waals surface area (Å²) in [5.74, 6) is 1.74. The van der Waals surface area contributed by atoms with Crippen LogP contribution < -0.4 is 5.32 Å². The lowest BCUT2D eigenvalue weighted by Gasteiger charge is -2.16. The van der Waals surface area contributed by atoms with Gasteiger partial charge in [-0.2, -0.15) is 0 Å². The average Bonchev–Trinajstić information content (AvgIpc) is 2.90. The number of rotatable bonds is 3.